The van der Waals surface area contributed by atoms with Crippen molar-refractivity contribution >= 4 is 5.91 Å². The molecule has 5 heteroatoms. The smallest absolute Gasteiger partial charge is 0.257 e. The molecule has 0 unspecified atom stereocenters. The maximum atomic E-state index is 12.5. The molecule has 1 saturated heterocycles. The molecule has 1 fully saturated rings. The van der Waals surface area contributed by atoms with Crippen LogP contribution in [0, 0.1) is 6.92 Å². The molecule has 2 heterocycles. The molecular formula is C18H24N4O. The van der Waals surface area contributed by atoms with E-state index < -0.39 is 0 Å². The second kappa shape index (κ2) is 6.96. The Bertz CT molecular complexity index is 671. The van der Waals surface area contributed by atoms with Crippen LogP contribution in [0.25, 0.3) is 0 Å². The molecule has 1 aliphatic rings. The molecule has 1 aromatic carbocycles. The summed E-state index contributed by atoms with van der Waals surface area (Å²) in [6.07, 6.45) is 3.51. The van der Waals surface area contributed by atoms with E-state index in [9.17, 15) is 4.79 Å². The molecule has 23 heavy (non-hydrogen) atoms. The molecule has 2 aromatic rings. The number of carbonyl (C=O) groups excluding carboxylic acids is 1. The van der Waals surface area contributed by atoms with Crippen molar-refractivity contribution < 1.29 is 4.79 Å². The molecule has 1 aromatic heterocycles. The number of rotatable bonds is 4. The lowest BCUT2D eigenvalue weighted by Gasteiger charge is -2.34. The molecule has 1 aliphatic heterocycles. The van der Waals surface area contributed by atoms with E-state index in [1.807, 2.05) is 18.0 Å². The van der Waals surface area contributed by atoms with Gasteiger partial charge in [-0.15, -0.1) is 0 Å². The van der Waals surface area contributed by atoms with Gasteiger partial charge in [0.1, 0.15) is 0 Å². The number of hydrogen-bond donors (Lipinski definition) is 0. The first-order chi connectivity index (χ1) is 11.2. The number of benzene rings is 1. The van der Waals surface area contributed by atoms with Crippen LogP contribution in [-0.2, 0) is 13.1 Å². The minimum absolute atomic E-state index is 0.0971. The normalized spacial score (nSPS) is 15.8. The fourth-order valence-corrected chi connectivity index (χ4v) is 3.01. The second-order valence-electron chi connectivity index (χ2n) is 6.14. The maximum Gasteiger partial charge on any atom is 0.257 e. The molecule has 0 atom stereocenters. The minimum atomic E-state index is 0.0971. The van der Waals surface area contributed by atoms with Crippen molar-refractivity contribution in [1.29, 1.82) is 0 Å². The van der Waals surface area contributed by atoms with Crippen LogP contribution in [0.5, 0.6) is 0 Å². The SMILES string of the molecule is CCn1cc(C(=O)N2CCN(Cc3cccc(C)c3)CC2)cn1. The van der Waals surface area contributed by atoms with Gasteiger partial charge in [-0.1, -0.05) is 29.8 Å². The molecule has 122 valence electrons. The van der Waals surface area contributed by atoms with Crippen LogP contribution in [0.1, 0.15) is 28.4 Å². The molecule has 0 radical (unpaired) electrons. The highest BCUT2D eigenvalue weighted by atomic mass is 16.2. The average molecular weight is 312 g/mol. The molecule has 3 rings (SSSR count). The summed E-state index contributed by atoms with van der Waals surface area (Å²) >= 11 is 0. The standard InChI is InChI=1S/C18H24N4O/c1-3-22-14-17(12-19-22)18(23)21-9-7-20(8-10-21)13-16-6-4-5-15(2)11-16/h4-6,11-12,14H,3,7-10,13H2,1-2H3. The van der Waals surface area contributed by atoms with Gasteiger partial charge in [0.25, 0.3) is 5.91 Å². The first-order valence-electron chi connectivity index (χ1n) is 8.25. The molecule has 0 bridgehead atoms. The summed E-state index contributed by atoms with van der Waals surface area (Å²) in [4.78, 5) is 16.8. The zero-order chi connectivity index (χ0) is 16.2. The fraction of sp³-hybridized carbons (Fsp3) is 0.444. The Hall–Kier alpha value is -2.14. The Kier molecular flexibility index (Phi) is 4.76. The number of hydrogen-bond acceptors (Lipinski definition) is 3. The monoisotopic (exact) mass is 312 g/mol. The topological polar surface area (TPSA) is 41.4 Å². The highest BCUT2D eigenvalue weighted by Crippen LogP contribution is 2.12. The number of aryl methyl sites for hydroxylation is 2. The largest absolute Gasteiger partial charge is 0.336 e. The first-order valence-corrected chi connectivity index (χ1v) is 8.25. The van der Waals surface area contributed by atoms with Gasteiger partial charge in [0.05, 0.1) is 11.8 Å². The van der Waals surface area contributed by atoms with E-state index in [0.717, 1.165) is 39.3 Å². The van der Waals surface area contributed by atoms with Gasteiger partial charge < -0.3 is 4.90 Å². The molecular weight excluding hydrogens is 288 g/mol. The van der Waals surface area contributed by atoms with Crippen molar-refractivity contribution in [3.05, 3.63) is 53.3 Å². The number of aromatic nitrogens is 2. The van der Waals surface area contributed by atoms with Crippen molar-refractivity contribution in [2.24, 2.45) is 0 Å². The zero-order valence-electron chi connectivity index (χ0n) is 13.9. The van der Waals surface area contributed by atoms with Gasteiger partial charge in [-0.25, -0.2) is 0 Å². The fourth-order valence-electron chi connectivity index (χ4n) is 3.01. The van der Waals surface area contributed by atoms with Crippen molar-refractivity contribution in [1.82, 2.24) is 19.6 Å². The van der Waals surface area contributed by atoms with Gasteiger partial charge in [-0.3, -0.25) is 14.4 Å². The average Bonchev–Trinajstić information content (AvgIpc) is 3.04. The van der Waals surface area contributed by atoms with Crippen molar-refractivity contribution in [3.8, 4) is 0 Å². The summed E-state index contributed by atoms with van der Waals surface area (Å²) in [6, 6.07) is 8.63. The van der Waals surface area contributed by atoms with E-state index in [1.54, 1.807) is 10.9 Å². The molecule has 0 N–H and O–H groups in total. The summed E-state index contributed by atoms with van der Waals surface area (Å²) in [7, 11) is 0. The summed E-state index contributed by atoms with van der Waals surface area (Å²) in [5.41, 5.74) is 3.33. The van der Waals surface area contributed by atoms with E-state index in [0.29, 0.717) is 5.56 Å². The molecule has 0 saturated carbocycles. The van der Waals surface area contributed by atoms with Gasteiger partial charge >= 0.3 is 0 Å². The predicted molar refractivity (Wildman–Crippen MR) is 90.3 cm³/mol. The van der Waals surface area contributed by atoms with E-state index in [4.69, 9.17) is 0 Å². The third-order valence-electron chi connectivity index (χ3n) is 4.35. The lowest BCUT2D eigenvalue weighted by Crippen LogP contribution is -2.48. The highest BCUT2D eigenvalue weighted by Gasteiger charge is 2.23. The Morgan fingerprint density at radius 3 is 2.65 bits per heavy atom. The van der Waals surface area contributed by atoms with E-state index in [1.165, 1.54) is 11.1 Å². The molecule has 1 amide bonds. The minimum Gasteiger partial charge on any atom is -0.336 e. The van der Waals surface area contributed by atoms with E-state index >= 15 is 0 Å². The summed E-state index contributed by atoms with van der Waals surface area (Å²) in [5, 5.41) is 4.19. The van der Waals surface area contributed by atoms with E-state index in [-0.39, 0.29) is 5.91 Å². The van der Waals surface area contributed by atoms with Crippen LogP contribution in [-0.4, -0.2) is 51.7 Å². The maximum absolute atomic E-state index is 12.5. The van der Waals surface area contributed by atoms with Crippen LogP contribution in [0.3, 0.4) is 0 Å². The zero-order valence-corrected chi connectivity index (χ0v) is 13.9. The third-order valence-corrected chi connectivity index (χ3v) is 4.35. The van der Waals surface area contributed by atoms with Gasteiger partial charge in [0.15, 0.2) is 0 Å². The summed E-state index contributed by atoms with van der Waals surface area (Å²) in [6.45, 7) is 9.28. The Balaban J connectivity index is 1.54. The van der Waals surface area contributed by atoms with Crippen molar-refractivity contribution in [2.75, 3.05) is 26.2 Å². The molecule has 5 nitrogen and oxygen atoms in total. The van der Waals surface area contributed by atoms with Gasteiger partial charge in [-0.05, 0) is 19.4 Å². The number of carbonyl (C=O) groups is 1. The van der Waals surface area contributed by atoms with Crippen LogP contribution in [0.15, 0.2) is 36.7 Å². The highest BCUT2D eigenvalue weighted by molar-refractivity contribution is 5.93. The predicted octanol–water partition coefficient (Wildman–Crippen LogP) is 2.17. The molecule has 0 spiro atoms. The van der Waals surface area contributed by atoms with Crippen LogP contribution in [0.2, 0.25) is 0 Å². The lowest BCUT2D eigenvalue weighted by molar-refractivity contribution is 0.0628. The van der Waals surface area contributed by atoms with Gasteiger partial charge in [0.2, 0.25) is 0 Å². The van der Waals surface area contributed by atoms with Crippen LogP contribution in [0.4, 0.5) is 0 Å². The Morgan fingerprint density at radius 1 is 1.22 bits per heavy atom. The number of nitrogens with zero attached hydrogens (tertiary/aromatic N) is 4. The van der Waals surface area contributed by atoms with Gasteiger partial charge in [-0.2, -0.15) is 5.10 Å². The molecule has 0 aliphatic carbocycles. The van der Waals surface area contributed by atoms with Crippen LogP contribution >= 0.6 is 0 Å². The van der Waals surface area contributed by atoms with Crippen molar-refractivity contribution in [3.63, 3.8) is 0 Å². The number of piperazine rings is 1. The summed E-state index contributed by atoms with van der Waals surface area (Å²) in [5.74, 6) is 0.0971. The summed E-state index contributed by atoms with van der Waals surface area (Å²) < 4.78 is 1.79. The Labute approximate surface area is 137 Å². The van der Waals surface area contributed by atoms with E-state index in [2.05, 4.69) is 41.2 Å². The van der Waals surface area contributed by atoms with Crippen molar-refractivity contribution in [2.45, 2.75) is 26.9 Å². The van der Waals surface area contributed by atoms with Gasteiger partial charge in [0, 0.05) is 45.5 Å². The number of amides is 1. The third kappa shape index (κ3) is 3.79. The lowest BCUT2D eigenvalue weighted by atomic mass is 10.1. The Morgan fingerprint density at radius 2 is 2.00 bits per heavy atom. The van der Waals surface area contributed by atoms with Crippen LogP contribution < -0.4 is 0 Å². The quantitative estimate of drug-likeness (QED) is 0.869. The second-order valence-corrected chi connectivity index (χ2v) is 6.14. The first kappa shape index (κ1) is 15.7.